The molecular weight excluding hydrogens is 295 g/mol. The molecular formula is C10H16BrClN2O2. The first-order valence-electron chi connectivity index (χ1n) is 4.51. The summed E-state index contributed by atoms with van der Waals surface area (Å²) in [5.74, 6) is 1.43. The lowest BCUT2D eigenvalue weighted by atomic mass is 10.1. The largest absolute Gasteiger partial charge is 0.496 e. The van der Waals surface area contributed by atoms with E-state index in [1.54, 1.807) is 14.2 Å². The van der Waals surface area contributed by atoms with E-state index in [1.807, 2.05) is 12.1 Å². The molecule has 0 aromatic heterocycles. The van der Waals surface area contributed by atoms with Crippen LogP contribution in [-0.4, -0.2) is 20.8 Å². The molecule has 0 saturated heterocycles. The summed E-state index contributed by atoms with van der Waals surface area (Å²) >= 11 is 3.38. The van der Waals surface area contributed by atoms with Crippen molar-refractivity contribution in [1.82, 2.24) is 0 Å². The van der Waals surface area contributed by atoms with E-state index in [0.29, 0.717) is 12.3 Å². The molecule has 0 aliphatic carbocycles. The number of halogens is 2. The van der Waals surface area contributed by atoms with Crippen molar-refractivity contribution in [2.24, 2.45) is 11.5 Å². The highest BCUT2D eigenvalue weighted by atomic mass is 79.9. The highest BCUT2D eigenvalue weighted by molar-refractivity contribution is 9.10. The van der Waals surface area contributed by atoms with Crippen molar-refractivity contribution < 1.29 is 9.47 Å². The number of hydrogen-bond donors (Lipinski definition) is 2. The van der Waals surface area contributed by atoms with E-state index in [4.69, 9.17) is 20.9 Å². The third kappa shape index (κ3) is 3.25. The van der Waals surface area contributed by atoms with Gasteiger partial charge in [0.25, 0.3) is 0 Å². The Bertz CT molecular complexity index is 350. The lowest BCUT2D eigenvalue weighted by Crippen LogP contribution is -2.21. The first-order chi connectivity index (χ1) is 7.13. The standard InChI is InChI=1S/C10H15BrN2O2.ClH/c1-14-9-4-7(11)10(15-2)3-6(9)8(13)5-12;/h3-4,8H,5,12-13H2,1-2H3;1H/t8-;/m1./s1. The summed E-state index contributed by atoms with van der Waals surface area (Å²) in [5, 5.41) is 0. The van der Waals surface area contributed by atoms with Crippen molar-refractivity contribution in [2.45, 2.75) is 6.04 Å². The summed E-state index contributed by atoms with van der Waals surface area (Å²) in [6.07, 6.45) is 0. The Hall–Kier alpha value is -0.490. The van der Waals surface area contributed by atoms with E-state index in [2.05, 4.69) is 15.9 Å². The first-order valence-corrected chi connectivity index (χ1v) is 5.30. The van der Waals surface area contributed by atoms with Gasteiger partial charge in [0.1, 0.15) is 11.5 Å². The summed E-state index contributed by atoms with van der Waals surface area (Å²) in [7, 11) is 3.20. The zero-order valence-corrected chi connectivity index (χ0v) is 11.6. The molecule has 0 radical (unpaired) electrons. The minimum atomic E-state index is -0.248. The van der Waals surface area contributed by atoms with E-state index in [0.717, 1.165) is 15.8 Å². The van der Waals surface area contributed by atoms with Crippen LogP contribution < -0.4 is 20.9 Å². The Morgan fingerprint density at radius 2 is 1.81 bits per heavy atom. The number of rotatable bonds is 4. The number of nitrogens with two attached hydrogens (primary N) is 2. The molecule has 0 heterocycles. The van der Waals surface area contributed by atoms with Gasteiger partial charge in [-0.25, -0.2) is 0 Å². The quantitative estimate of drug-likeness (QED) is 0.890. The number of ether oxygens (including phenoxy) is 2. The van der Waals surface area contributed by atoms with Crippen molar-refractivity contribution in [2.75, 3.05) is 20.8 Å². The molecule has 0 amide bonds. The van der Waals surface area contributed by atoms with Crippen LogP contribution >= 0.6 is 28.3 Å². The van der Waals surface area contributed by atoms with Gasteiger partial charge in [-0.3, -0.25) is 0 Å². The second-order valence-electron chi connectivity index (χ2n) is 3.07. The number of hydrogen-bond acceptors (Lipinski definition) is 4. The molecule has 4 nitrogen and oxygen atoms in total. The summed E-state index contributed by atoms with van der Waals surface area (Å²) < 4.78 is 11.2. The van der Waals surface area contributed by atoms with Crippen LogP contribution in [0.5, 0.6) is 11.5 Å². The predicted octanol–water partition coefficient (Wildman–Crippen LogP) is 1.85. The smallest absolute Gasteiger partial charge is 0.133 e. The molecule has 0 spiro atoms. The van der Waals surface area contributed by atoms with E-state index in [1.165, 1.54) is 0 Å². The van der Waals surface area contributed by atoms with E-state index in [-0.39, 0.29) is 18.4 Å². The zero-order valence-electron chi connectivity index (χ0n) is 9.20. The van der Waals surface area contributed by atoms with Gasteiger partial charge in [0.15, 0.2) is 0 Å². The molecule has 0 fully saturated rings. The molecule has 1 aromatic carbocycles. The van der Waals surface area contributed by atoms with Crippen molar-refractivity contribution in [3.05, 3.63) is 22.2 Å². The van der Waals surface area contributed by atoms with Crippen molar-refractivity contribution in [1.29, 1.82) is 0 Å². The monoisotopic (exact) mass is 310 g/mol. The summed E-state index contributed by atoms with van der Waals surface area (Å²) in [6.45, 7) is 0.362. The second kappa shape index (κ2) is 6.96. The Labute approximate surface area is 110 Å². The predicted molar refractivity (Wildman–Crippen MR) is 70.5 cm³/mol. The average Bonchev–Trinajstić information content (AvgIpc) is 2.27. The molecule has 92 valence electrons. The van der Waals surface area contributed by atoms with Crippen LogP contribution in [0, 0.1) is 0 Å². The van der Waals surface area contributed by atoms with E-state index >= 15 is 0 Å². The van der Waals surface area contributed by atoms with Crippen LogP contribution in [0.2, 0.25) is 0 Å². The van der Waals surface area contributed by atoms with Gasteiger partial charge in [-0.1, -0.05) is 0 Å². The van der Waals surface area contributed by atoms with Gasteiger partial charge in [0, 0.05) is 18.2 Å². The van der Waals surface area contributed by atoms with Crippen molar-refractivity contribution in [3.8, 4) is 11.5 Å². The van der Waals surface area contributed by atoms with Crippen LogP contribution in [0.1, 0.15) is 11.6 Å². The van der Waals surface area contributed by atoms with Crippen LogP contribution in [0.15, 0.2) is 16.6 Å². The molecule has 1 atom stereocenters. The van der Waals surface area contributed by atoms with Gasteiger partial charge in [-0.05, 0) is 28.1 Å². The van der Waals surface area contributed by atoms with E-state index < -0.39 is 0 Å². The Kier molecular flexibility index (Phi) is 6.74. The Balaban J connectivity index is 0.00000225. The lowest BCUT2D eigenvalue weighted by Gasteiger charge is -2.16. The van der Waals surface area contributed by atoms with Crippen LogP contribution in [-0.2, 0) is 0 Å². The number of methoxy groups -OCH3 is 2. The average molecular weight is 312 g/mol. The van der Waals surface area contributed by atoms with Gasteiger partial charge in [0.2, 0.25) is 0 Å². The molecule has 0 aliphatic rings. The minimum absolute atomic E-state index is 0. The summed E-state index contributed by atoms with van der Waals surface area (Å²) in [6, 6.07) is 3.41. The highest BCUT2D eigenvalue weighted by Gasteiger charge is 2.14. The fourth-order valence-electron chi connectivity index (χ4n) is 1.30. The van der Waals surface area contributed by atoms with Gasteiger partial charge >= 0.3 is 0 Å². The maximum absolute atomic E-state index is 5.87. The van der Waals surface area contributed by atoms with E-state index in [9.17, 15) is 0 Å². The minimum Gasteiger partial charge on any atom is -0.496 e. The molecule has 0 bridgehead atoms. The van der Waals surface area contributed by atoms with Gasteiger partial charge in [-0.2, -0.15) is 0 Å². The summed E-state index contributed by atoms with van der Waals surface area (Å²) in [4.78, 5) is 0. The van der Waals surface area contributed by atoms with Crippen LogP contribution in [0.4, 0.5) is 0 Å². The SMILES string of the molecule is COc1cc([C@H](N)CN)c(OC)cc1Br.Cl. The van der Waals surface area contributed by atoms with Crippen LogP contribution in [0.3, 0.4) is 0 Å². The van der Waals surface area contributed by atoms with Crippen molar-refractivity contribution >= 4 is 28.3 Å². The highest BCUT2D eigenvalue weighted by Crippen LogP contribution is 2.34. The molecule has 16 heavy (non-hydrogen) atoms. The normalized spacial score (nSPS) is 11.6. The molecule has 6 heteroatoms. The Morgan fingerprint density at radius 3 is 2.25 bits per heavy atom. The molecule has 1 rings (SSSR count). The first kappa shape index (κ1) is 15.5. The van der Waals surface area contributed by atoms with Crippen molar-refractivity contribution in [3.63, 3.8) is 0 Å². The molecule has 4 N–H and O–H groups in total. The third-order valence-electron chi connectivity index (χ3n) is 2.16. The van der Waals surface area contributed by atoms with Gasteiger partial charge in [-0.15, -0.1) is 12.4 Å². The zero-order chi connectivity index (χ0) is 11.4. The molecule has 0 unspecified atom stereocenters. The fraction of sp³-hybridized carbons (Fsp3) is 0.400. The fourth-order valence-corrected chi connectivity index (χ4v) is 1.79. The Morgan fingerprint density at radius 1 is 1.25 bits per heavy atom. The second-order valence-corrected chi connectivity index (χ2v) is 3.93. The van der Waals surface area contributed by atoms with Gasteiger partial charge in [0.05, 0.1) is 18.7 Å². The topological polar surface area (TPSA) is 70.5 Å². The molecule has 0 saturated carbocycles. The molecule has 0 aliphatic heterocycles. The van der Waals surface area contributed by atoms with Gasteiger partial charge < -0.3 is 20.9 Å². The summed E-state index contributed by atoms with van der Waals surface area (Å²) in [5.41, 5.74) is 12.2. The number of benzene rings is 1. The molecule has 1 aromatic rings. The maximum Gasteiger partial charge on any atom is 0.133 e. The lowest BCUT2D eigenvalue weighted by molar-refractivity contribution is 0.393. The third-order valence-corrected chi connectivity index (χ3v) is 2.78. The van der Waals surface area contributed by atoms with Crippen LogP contribution in [0.25, 0.3) is 0 Å². The maximum atomic E-state index is 5.87.